The molecule has 0 bridgehead atoms. The van der Waals surface area contributed by atoms with E-state index in [9.17, 15) is 0 Å². The van der Waals surface area contributed by atoms with E-state index >= 15 is 0 Å². The number of anilines is 1. The van der Waals surface area contributed by atoms with E-state index < -0.39 is 0 Å². The molecule has 0 aliphatic carbocycles. The van der Waals surface area contributed by atoms with E-state index in [0.29, 0.717) is 12.4 Å². The Balaban J connectivity index is 1.51. The summed E-state index contributed by atoms with van der Waals surface area (Å²) in [5.41, 5.74) is 6.04. The van der Waals surface area contributed by atoms with Gasteiger partial charge in [0.1, 0.15) is 12.1 Å². The van der Waals surface area contributed by atoms with Gasteiger partial charge in [-0.25, -0.2) is 15.0 Å². The standard InChI is InChI=1S/C22H21N5O2/c1-28-22-17(3-2-6-23-22)15-4-5-16-13-24-21(18(16)11-15)19-12-20(26-14-25-19)27-7-9-29-10-8-27/h2-6,11-12,14H,7-10,13H2,1H3. The molecule has 1 aromatic carbocycles. The number of hydrogen-bond acceptors (Lipinski definition) is 7. The van der Waals surface area contributed by atoms with Gasteiger partial charge in [-0.1, -0.05) is 12.1 Å². The van der Waals surface area contributed by atoms with Gasteiger partial charge in [0.2, 0.25) is 5.88 Å². The van der Waals surface area contributed by atoms with Crippen molar-refractivity contribution >= 4 is 11.5 Å². The van der Waals surface area contributed by atoms with Crippen molar-refractivity contribution in [3.05, 3.63) is 65.7 Å². The molecule has 2 aliphatic rings. The Morgan fingerprint density at radius 2 is 1.90 bits per heavy atom. The van der Waals surface area contributed by atoms with Gasteiger partial charge in [0.15, 0.2) is 0 Å². The first-order valence-electron chi connectivity index (χ1n) is 9.66. The number of morpholine rings is 1. The van der Waals surface area contributed by atoms with Gasteiger partial charge in [0.05, 0.1) is 38.3 Å². The van der Waals surface area contributed by atoms with Crippen LogP contribution in [0.3, 0.4) is 0 Å². The normalized spacial score (nSPS) is 15.8. The van der Waals surface area contributed by atoms with Crippen molar-refractivity contribution in [1.29, 1.82) is 0 Å². The van der Waals surface area contributed by atoms with Crippen LogP contribution in [0.1, 0.15) is 16.8 Å². The number of nitrogens with zero attached hydrogens (tertiary/aromatic N) is 5. The van der Waals surface area contributed by atoms with E-state index in [0.717, 1.165) is 60.2 Å². The summed E-state index contributed by atoms with van der Waals surface area (Å²) in [4.78, 5) is 20.3. The third kappa shape index (κ3) is 3.34. The lowest BCUT2D eigenvalue weighted by Gasteiger charge is -2.27. The molecule has 0 unspecified atom stereocenters. The minimum Gasteiger partial charge on any atom is -0.481 e. The van der Waals surface area contributed by atoms with Crippen LogP contribution in [0.25, 0.3) is 11.1 Å². The van der Waals surface area contributed by atoms with E-state index in [2.05, 4.69) is 38.1 Å². The van der Waals surface area contributed by atoms with Gasteiger partial charge in [0, 0.05) is 36.5 Å². The van der Waals surface area contributed by atoms with Gasteiger partial charge in [-0.05, 0) is 29.3 Å². The summed E-state index contributed by atoms with van der Waals surface area (Å²) in [7, 11) is 1.64. The third-order valence-electron chi connectivity index (χ3n) is 5.28. The Kier molecular flexibility index (Phi) is 4.65. The van der Waals surface area contributed by atoms with Crippen molar-refractivity contribution in [2.75, 3.05) is 38.3 Å². The number of aromatic nitrogens is 3. The number of aliphatic imine (C=N–C) groups is 1. The van der Waals surface area contributed by atoms with Crippen LogP contribution in [-0.2, 0) is 11.3 Å². The number of hydrogen-bond donors (Lipinski definition) is 0. The summed E-state index contributed by atoms with van der Waals surface area (Å²) in [6.45, 7) is 3.78. The maximum Gasteiger partial charge on any atom is 0.221 e. The molecule has 2 aliphatic heterocycles. The second-order valence-corrected chi connectivity index (χ2v) is 6.96. The topological polar surface area (TPSA) is 72.7 Å². The number of fused-ring (bicyclic) bond motifs is 1. The zero-order chi connectivity index (χ0) is 19.6. The molecule has 7 heteroatoms. The second kappa shape index (κ2) is 7.60. The highest BCUT2D eigenvalue weighted by Crippen LogP contribution is 2.32. The van der Waals surface area contributed by atoms with Gasteiger partial charge in [-0.2, -0.15) is 0 Å². The lowest BCUT2D eigenvalue weighted by Crippen LogP contribution is -2.36. The molecule has 29 heavy (non-hydrogen) atoms. The molecule has 0 radical (unpaired) electrons. The number of ether oxygens (including phenoxy) is 2. The van der Waals surface area contributed by atoms with Gasteiger partial charge in [0.25, 0.3) is 0 Å². The summed E-state index contributed by atoms with van der Waals surface area (Å²) in [6.07, 6.45) is 3.35. The summed E-state index contributed by atoms with van der Waals surface area (Å²) >= 11 is 0. The molecule has 1 saturated heterocycles. The Hall–Kier alpha value is -3.32. The van der Waals surface area contributed by atoms with Gasteiger partial charge in [-0.15, -0.1) is 0 Å². The lowest BCUT2D eigenvalue weighted by atomic mass is 9.97. The van der Waals surface area contributed by atoms with Crippen LogP contribution in [-0.4, -0.2) is 54.1 Å². The molecule has 5 rings (SSSR count). The molecule has 0 atom stereocenters. The molecule has 7 nitrogen and oxygen atoms in total. The first kappa shape index (κ1) is 17.8. The van der Waals surface area contributed by atoms with Crippen LogP contribution in [0.5, 0.6) is 5.88 Å². The van der Waals surface area contributed by atoms with Crippen molar-refractivity contribution in [3.63, 3.8) is 0 Å². The number of benzene rings is 1. The van der Waals surface area contributed by atoms with E-state index in [1.165, 1.54) is 5.56 Å². The largest absolute Gasteiger partial charge is 0.481 e. The molecule has 4 heterocycles. The van der Waals surface area contributed by atoms with Crippen molar-refractivity contribution in [3.8, 4) is 17.0 Å². The molecule has 3 aromatic rings. The maximum atomic E-state index is 5.45. The van der Waals surface area contributed by atoms with Crippen LogP contribution < -0.4 is 9.64 Å². The average molecular weight is 387 g/mol. The first-order chi connectivity index (χ1) is 14.3. The van der Waals surface area contributed by atoms with E-state index in [1.54, 1.807) is 19.6 Å². The number of rotatable bonds is 4. The minimum absolute atomic E-state index is 0.612. The second-order valence-electron chi connectivity index (χ2n) is 6.96. The van der Waals surface area contributed by atoms with Crippen LogP contribution in [0.2, 0.25) is 0 Å². The Morgan fingerprint density at radius 3 is 2.76 bits per heavy atom. The van der Waals surface area contributed by atoms with E-state index in [4.69, 9.17) is 14.5 Å². The van der Waals surface area contributed by atoms with E-state index in [1.807, 2.05) is 18.2 Å². The Labute approximate surface area is 169 Å². The third-order valence-corrected chi connectivity index (χ3v) is 5.28. The number of methoxy groups -OCH3 is 1. The summed E-state index contributed by atoms with van der Waals surface area (Å²) in [6, 6.07) is 12.3. The molecule has 146 valence electrons. The average Bonchev–Trinajstić information content (AvgIpc) is 3.23. The highest BCUT2D eigenvalue weighted by Gasteiger charge is 2.22. The fourth-order valence-corrected chi connectivity index (χ4v) is 3.79. The Morgan fingerprint density at radius 1 is 1.00 bits per heavy atom. The molecule has 0 N–H and O–H groups in total. The molecule has 0 spiro atoms. The highest BCUT2D eigenvalue weighted by atomic mass is 16.5. The van der Waals surface area contributed by atoms with Crippen molar-refractivity contribution in [1.82, 2.24) is 15.0 Å². The Bertz CT molecular complexity index is 1080. The molecule has 2 aromatic heterocycles. The van der Waals surface area contributed by atoms with Crippen molar-refractivity contribution in [2.24, 2.45) is 4.99 Å². The van der Waals surface area contributed by atoms with Crippen LogP contribution >= 0.6 is 0 Å². The number of pyridine rings is 1. The lowest BCUT2D eigenvalue weighted by molar-refractivity contribution is 0.122. The quantitative estimate of drug-likeness (QED) is 0.685. The van der Waals surface area contributed by atoms with Crippen LogP contribution in [0, 0.1) is 0 Å². The zero-order valence-corrected chi connectivity index (χ0v) is 16.2. The molecule has 1 fully saturated rings. The first-order valence-corrected chi connectivity index (χ1v) is 9.66. The highest BCUT2D eigenvalue weighted by molar-refractivity contribution is 6.14. The monoisotopic (exact) mass is 387 g/mol. The summed E-state index contributed by atoms with van der Waals surface area (Å²) in [5.74, 6) is 1.53. The van der Waals surface area contributed by atoms with Gasteiger partial charge in [-0.3, -0.25) is 4.99 Å². The zero-order valence-electron chi connectivity index (χ0n) is 16.2. The predicted molar refractivity (Wildman–Crippen MR) is 111 cm³/mol. The molecule has 0 saturated carbocycles. The van der Waals surface area contributed by atoms with Gasteiger partial charge >= 0.3 is 0 Å². The summed E-state index contributed by atoms with van der Waals surface area (Å²) in [5, 5.41) is 0. The summed E-state index contributed by atoms with van der Waals surface area (Å²) < 4.78 is 10.9. The van der Waals surface area contributed by atoms with Crippen LogP contribution in [0.15, 0.2) is 53.9 Å². The van der Waals surface area contributed by atoms with Gasteiger partial charge < -0.3 is 14.4 Å². The fraction of sp³-hybridized carbons (Fsp3) is 0.273. The maximum absolute atomic E-state index is 5.45. The molecular weight excluding hydrogens is 366 g/mol. The molecular formula is C22H21N5O2. The van der Waals surface area contributed by atoms with Crippen molar-refractivity contribution in [2.45, 2.75) is 6.54 Å². The predicted octanol–water partition coefficient (Wildman–Crippen LogP) is 2.73. The van der Waals surface area contributed by atoms with Crippen LogP contribution in [0.4, 0.5) is 5.82 Å². The molecule has 0 amide bonds. The smallest absolute Gasteiger partial charge is 0.221 e. The SMILES string of the molecule is COc1ncccc1-c1ccc2c(c1)C(c1cc(N3CCOCC3)ncn1)=NC2. The van der Waals surface area contributed by atoms with Crippen molar-refractivity contribution < 1.29 is 9.47 Å². The van der Waals surface area contributed by atoms with E-state index in [-0.39, 0.29) is 0 Å². The fourth-order valence-electron chi connectivity index (χ4n) is 3.79. The minimum atomic E-state index is 0.612.